The number of ether oxygens (including phenoxy) is 3. The van der Waals surface area contributed by atoms with Gasteiger partial charge in [0.15, 0.2) is 6.61 Å². The number of hydrogen-bond donors (Lipinski definition) is 2. The van der Waals surface area contributed by atoms with E-state index in [0.717, 1.165) is 0 Å². The minimum Gasteiger partial charge on any atom is -0.495 e. The first-order chi connectivity index (χ1) is 16.2. The first-order valence-electron chi connectivity index (χ1n) is 10.5. The second-order valence-electron chi connectivity index (χ2n) is 7.67. The second kappa shape index (κ2) is 13.2. The maximum absolute atomic E-state index is 12.1. The van der Waals surface area contributed by atoms with Gasteiger partial charge in [-0.15, -0.1) is 0 Å². The van der Waals surface area contributed by atoms with Gasteiger partial charge in [-0.2, -0.15) is 0 Å². The Kier molecular flexibility index (Phi) is 10.3. The van der Waals surface area contributed by atoms with Crippen LogP contribution in [0.2, 0.25) is 5.02 Å². The van der Waals surface area contributed by atoms with Crippen molar-refractivity contribution in [3.8, 4) is 5.75 Å². The van der Waals surface area contributed by atoms with E-state index in [0.29, 0.717) is 34.3 Å². The molecule has 0 heterocycles. The molecule has 0 aliphatic heterocycles. The van der Waals surface area contributed by atoms with Crippen molar-refractivity contribution >= 4 is 46.7 Å². The molecule has 2 rings (SSSR count). The number of nitrogens with one attached hydrogen (secondary N) is 2. The summed E-state index contributed by atoms with van der Waals surface area (Å²) in [6, 6.07) is 10.9. The largest absolute Gasteiger partial charge is 0.495 e. The van der Waals surface area contributed by atoms with Gasteiger partial charge >= 0.3 is 11.9 Å². The summed E-state index contributed by atoms with van der Waals surface area (Å²) in [6.45, 7) is 3.68. The van der Waals surface area contributed by atoms with Crippen molar-refractivity contribution in [2.45, 2.75) is 26.7 Å². The fourth-order valence-corrected chi connectivity index (χ4v) is 2.81. The third-order valence-corrected chi connectivity index (χ3v) is 4.54. The highest BCUT2D eigenvalue weighted by Gasteiger charge is 2.13. The van der Waals surface area contributed by atoms with Crippen molar-refractivity contribution in [3.63, 3.8) is 0 Å². The van der Waals surface area contributed by atoms with Crippen LogP contribution in [0.15, 0.2) is 42.5 Å². The summed E-state index contributed by atoms with van der Waals surface area (Å²) in [5.74, 6) is -1.49. The molecular formula is C24H27ClN2O7. The van der Waals surface area contributed by atoms with Crippen molar-refractivity contribution < 1.29 is 33.4 Å². The minimum atomic E-state index is -0.702. The molecule has 2 amide bonds. The topological polar surface area (TPSA) is 120 Å². The zero-order valence-corrected chi connectivity index (χ0v) is 19.9. The number of halogens is 1. The zero-order chi connectivity index (χ0) is 25.1. The molecule has 0 fully saturated rings. The van der Waals surface area contributed by atoms with Crippen molar-refractivity contribution in [2.75, 3.05) is 31.0 Å². The van der Waals surface area contributed by atoms with E-state index in [-0.39, 0.29) is 18.8 Å². The molecule has 2 N–H and O–H groups in total. The lowest BCUT2D eigenvalue weighted by molar-refractivity contribution is -0.147. The first kappa shape index (κ1) is 26.7. The van der Waals surface area contributed by atoms with Crippen LogP contribution in [-0.4, -0.2) is 44.1 Å². The molecule has 9 nitrogen and oxygen atoms in total. The van der Waals surface area contributed by atoms with Crippen LogP contribution >= 0.6 is 11.6 Å². The van der Waals surface area contributed by atoms with E-state index in [9.17, 15) is 19.2 Å². The third kappa shape index (κ3) is 9.11. The Balaban J connectivity index is 1.72. The number of anilines is 2. The highest BCUT2D eigenvalue weighted by molar-refractivity contribution is 6.31. The quantitative estimate of drug-likeness (QED) is 0.455. The Bertz CT molecular complexity index is 1020. The summed E-state index contributed by atoms with van der Waals surface area (Å²) in [5, 5.41) is 5.59. The number of rotatable bonds is 11. The van der Waals surface area contributed by atoms with Gasteiger partial charge in [-0.05, 0) is 48.4 Å². The number of methoxy groups -OCH3 is 1. The maximum atomic E-state index is 12.1. The lowest BCUT2D eigenvalue weighted by atomic mass is 10.2. The number of carbonyl (C=O) groups excluding carboxylic acids is 4. The van der Waals surface area contributed by atoms with E-state index in [1.54, 1.807) is 24.3 Å². The van der Waals surface area contributed by atoms with Gasteiger partial charge in [-0.3, -0.25) is 14.4 Å². The Morgan fingerprint density at radius 2 is 1.62 bits per heavy atom. The van der Waals surface area contributed by atoms with Gasteiger partial charge in [0.25, 0.3) is 5.91 Å². The van der Waals surface area contributed by atoms with E-state index in [4.69, 9.17) is 25.8 Å². The van der Waals surface area contributed by atoms with Gasteiger partial charge in [-0.1, -0.05) is 25.4 Å². The standard InChI is InChI=1S/C24H27ClN2O7/c1-15(2)13-34-24(31)16-4-7-18(8-5-16)26-22(29)14-33-23(30)11-10-21(28)27-19-12-17(25)6-9-20(19)32-3/h4-9,12,15H,10-11,13-14H2,1-3H3,(H,26,29)(H,27,28). The minimum absolute atomic E-state index is 0.148. The highest BCUT2D eigenvalue weighted by atomic mass is 35.5. The van der Waals surface area contributed by atoms with Crippen LogP contribution in [0.1, 0.15) is 37.0 Å². The van der Waals surface area contributed by atoms with E-state index < -0.39 is 30.4 Å². The summed E-state index contributed by atoms with van der Waals surface area (Å²) in [4.78, 5) is 47.9. The molecule has 2 aromatic rings. The maximum Gasteiger partial charge on any atom is 0.338 e. The Morgan fingerprint density at radius 1 is 0.912 bits per heavy atom. The fourth-order valence-electron chi connectivity index (χ4n) is 2.64. The summed E-state index contributed by atoms with van der Waals surface area (Å²) in [5.41, 5.74) is 1.17. The molecule has 0 atom stereocenters. The Hall–Kier alpha value is -3.59. The van der Waals surface area contributed by atoms with E-state index in [2.05, 4.69) is 10.6 Å². The predicted molar refractivity (Wildman–Crippen MR) is 127 cm³/mol. The van der Waals surface area contributed by atoms with Gasteiger partial charge in [0.05, 0.1) is 31.4 Å². The molecule has 0 saturated heterocycles. The summed E-state index contributed by atoms with van der Waals surface area (Å²) in [7, 11) is 1.46. The number of carbonyl (C=O) groups is 4. The molecule has 182 valence electrons. The number of amides is 2. The molecule has 0 radical (unpaired) electrons. The molecule has 0 spiro atoms. The molecule has 34 heavy (non-hydrogen) atoms. The van der Waals surface area contributed by atoms with Crippen molar-refractivity contribution in [1.29, 1.82) is 0 Å². The van der Waals surface area contributed by atoms with Gasteiger partial charge in [0, 0.05) is 17.1 Å². The number of benzene rings is 2. The molecule has 0 aliphatic carbocycles. The molecule has 0 aromatic heterocycles. The SMILES string of the molecule is COc1ccc(Cl)cc1NC(=O)CCC(=O)OCC(=O)Nc1ccc(C(=O)OCC(C)C)cc1. The third-order valence-electron chi connectivity index (χ3n) is 4.31. The van der Waals surface area contributed by atoms with Crippen LogP contribution in [-0.2, 0) is 23.9 Å². The molecule has 0 saturated carbocycles. The lowest BCUT2D eigenvalue weighted by Crippen LogP contribution is -2.22. The number of esters is 2. The first-order valence-corrected chi connectivity index (χ1v) is 10.9. The Labute approximate surface area is 202 Å². The van der Waals surface area contributed by atoms with Gasteiger partial charge < -0.3 is 24.8 Å². The number of hydrogen-bond acceptors (Lipinski definition) is 7. The van der Waals surface area contributed by atoms with E-state index in [1.165, 1.54) is 25.3 Å². The second-order valence-corrected chi connectivity index (χ2v) is 8.11. The average Bonchev–Trinajstić information content (AvgIpc) is 2.80. The molecule has 0 aliphatic rings. The summed E-state index contributed by atoms with van der Waals surface area (Å²) in [6.07, 6.45) is -0.361. The molecule has 2 aromatic carbocycles. The van der Waals surface area contributed by atoms with Crippen molar-refractivity contribution in [3.05, 3.63) is 53.1 Å². The lowest BCUT2D eigenvalue weighted by Gasteiger charge is -2.10. The molecule has 0 bridgehead atoms. The fraction of sp³-hybridized carbons (Fsp3) is 0.333. The van der Waals surface area contributed by atoms with Crippen molar-refractivity contribution in [2.24, 2.45) is 5.92 Å². The summed E-state index contributed by atoms with van der Waals surface area (Å²) >= 11 is 5.92. The van der Waals surface area contributed by atoms with Crippen LogP contribution in [0.25, 0.3) is 0 Å². The molecule has 10 heteroatoms. The van der Waals surface area contributed by atoms with E-state index in [1.807, 2.05) is 13.8 Å². The van der Waals surface area contributed by atoms with Crippen LogP contribution in [0, 0.1) is 5.92 Å². The van der Waals surface area contributed by atoms with Crippen LogP contribution < -0.4 is 15.4 Å². The smallest absolute Gasteiger partial charge is 0.338 e. The average molecular weight is 491 g/mol. The van der Waals surface area contributed by atoms with Crippen LogP contribution in [0.4, 0.5) is 11.4 Å². The summed E-state index contributed by atoms with van der Waals surface area (Å²) < 4.78 is 15.2. The monoisotopic (exact) mass is 490 g/mol. The van der Waals surface area contributed by atoms with Gasteiger partial charge in [0.1, 0.15) is 5.75 Å². The van der Waals surface area contributed by atoms with E-state index >= 15 is 0 Å². The normalized spacial score (nSPS) is 10.4. The van der Waals surface area contributed by atoms with Crippen molar-refractivity contribution in [1.82, 2.24) is 0 Å². The Morgan fingerprint density at radius 3 is 2.26 bits per heavy atom. The zero-order valence-electron chi connectivity index (χ0n) is 19.2. The van der Waals surface area contributed by atoms with Gasteiger partial charge in [0.2, 0.25) is 5.91 Å². The highest BCUT2D eigenvalue weighted by Crippen LogP contribution is 2.27. The van der Waals surface area contributed by atoms with Crippen LogP contribution in [0.3, 0.4) is 0 Å². The molecular weight excluding hydrogens is 464 g/mol. The predicted octanol–water partition coefficient (Wildman–Crippen LogP) is 4.06. The molecule has 0 unspecified atom stereocenters. The van der Waals surface area contributed by atoms with Gasteiger partial charge in [-0.25, -0.2) is 4.79 Å². The van der Waals surface area contributed by atoms with Crippen LogP contribution in [0.5, 0.6) is 5.75 Å².